The molecule has 0 fully saturated rings. The first-order chi connectivity index (χ1) is 18.0. The molecule has 38 heavy (non-hydrogen) atoms. The van der Waals surface area contributed by atoms with Crippen molar-refractivity contribution in [3.63, 3.8) is 0 Å². The van der Waals surface area contributed by atoms with E-state index in [9.17, 15) is 29.1 Å². The molecule has 1 aliphatic rings. The number of Topliss-reactive ketones (excluding diaryl/α,β-unsaturated/α-hetero) is 1. The lowest BCUT2D eigenvalue weighted by Gasteiger charge is -2.41. The number of carbonyl (C=O) groups excluding carboxylic acids is 4. The fourth-order valence-electron chi connectivity index (χ4n) is 4.38. The van der Waals surface area contributed by atoms with Gasteiger partial charge in [-0.05, 0) is 17.0 Å². The van der Waals surface area contributed by atoms with Crippen LogP contribution in [0.1, 0.15) is 38.8 Å². The number of carboxylic acid groups (broad SMARTS) is 1. The van der Waals surface area contributed by atoms with Crippen LogP contribution in [0.4, 0.5) is 0 Å². The number of benzene rings is 2. The van der Waals surface area contributed by atoms with Gasteiger partial charge in [-0.15, -0.1) is 0 Å². The normalized spacial score (nSPS) is 16.3. The molecule has 9 heteroatoms. The highest BCUT2D eigenvalue weighted by atomic mass is 16.4. The lowest BCUT2D eigenvalue weighted by Crippen LogP contribution is -2.57. The van der Waals surface area contributed by atoms with Crippen LogP contribution in [-0.2, 0) is 30.4 Å². The Labute approximate surface area is 222 Å². The van der Waals surface area contributed by atoms with Gasteiger partial charge in [0.15, 0.2) is 0 Å². The predicted molar refractivity (Wildman–Crippen MR) is 141 cm³/mol. The molecular formula is C29H33N3O6. The van der Waals surface area contributed by atoms with Crippen LogP contribution >= 0.6 is 0 Å². The standard InChI is InChI=1S/C29H33N3O6/c1-18(2)25-28(36)31(23(21-13-9-6-10-14-21)16-32(25)27(35)19(3)4)17-24(33)30-22(26(34)29(37)38)15-20-11-7-5-8-12-20/h5-14,16,18-19,22,25H,15,17H2,1-4H3,(H,30,33)(H,37,38)/t22-,25-/m0/s1. The molecule has 0 bridgehead atoms. The predicted octanol–water partition coefficient (Wildman–Crippen LogP) is 2.72. The minimum absolute atomic E-state index is 0.0155. The monoisotopic (exact) mass is 519 g/mol. The van der Waals surface area contributed by atoms with E-state index in [-0.39, 0.29) is 24.2 Å². The van der Waals surface area contributed by atoms with E-state index in [4.69, 9.17) is 0 Å². The highest BCUT2D eigenvalue weighted by molar-refractivity contribution is 6.35. The first kappa shape index (κ1) is 28.3. The molecule has 0 saturated heterocycles. The SMILES string of the molecule is CC(C)C(=O)N1C=C(c2ccccc2)N(CC(=O)N[C@@H](Cc2ccccc2)C(=O)C(=O)O)C(=O)[C@@H]1C(C)C. The Hall–Kier alpha value is -4.27. The summed E-state index contributed by atoms with van der Waals surface area (Å²) in [4.78, 5) is 66.6. The van der Waals surface area contributed by atoms with Crippen LogP contribution in [0.5, 0.6) is 0 Å². The lowest BCUT2D eigenvalue weighted by atomic mass is 9.95. The maximum absolute atomic E-state index is 13.8. The van der Waals surface area contributed by atoms with E-state index in [2.05, 4.69) is 5.32 Å². The van der Waals surface area contributed by atoms with Gasteiger partial charge < -0.3 is 15.3 Å². The van der Waals surface area contributed by atoms with Crippen molar-refractivity contribution in [2.45, 2.75) is 46.2 Å². The van der Waals surface area contributed by atoms with E-state index in [0.29, 0.717) is 16.8 Å². The van der Waals surface area contributed by atoms with Crippen LogP contribution in [0.3, 0.4) is 0 Å². The number of carbonyl (C=O) groups is 5. The Morgan fingerprint density at radius 3 is 2.03 bits per heavy atom. The number of nitrogens with one attached hydrogen (secondary N) is 1. The molecule has 3 amide bonds. The fourth-order valence-corrected chi connectivity index (χ4v) is 4.38. The number of ketones is 1. The summed E-state index contributed by atoms with van der Waals surface area (Å²) in [7, 11) is 0. The molecule has 0 aliphatic carbocycles. The minimum atomic E-state index is -1.66. The molecule has 9 nitrogen and oxygen atoms in total. The van der Waals surface area contributed by atoms with Gasteiger partial charge in [-0.3, -0.25) is 24.1 Å². The van der Waals surface area contributed by atoms with E-state index in [1.54, 1.807) is 74.6 Å². The molecule has 200 valence electrons. The van der Waals surface area contributed by atoms with Crippen LogP contribution in [0.25, 0.3) is 5.70 Å². The van der Waals surface area contributed by atoms with Gasteiger partial charge >= 0.3 is 5.97 Å². The zero-order chi connectivity index (χ0) is 28.0. The van der Waals surface area contributed by atoms with Crippen molar-refractivity contribution in [1.82, 2.24) is 15.1 Å². The number of aliphatic carboxylic acids is 1. The summed E-state index contributed by atoms with van der Waals surface area (Å²) < 4.78 is 0. The molecule has 0 radical (unpaired) electrons. The largest absolute Gasteiger partial charge is 0.475 e. The van der Waals surface area contributed by atoms with Crippen molar-refractivity contribution in [2.75, 3.05) is 6.54 Å². The van der Waals surface area contributed by atoms with Gasteiger partial charge in [0.25, 0.3) is 11.7 Å². The van der Waals surface area contributed by atoms with E-state index < -0.39 is 42.2 Å². The topological polar surface area (TPSA) is 124 Å². The minimum Gasteiger partial charge on any atom is -0.475 e. The maximum Gasteiger partial charge on any atom is 0.374 e. The zero-order valence-electron chi connectivity index (χ0n) is 22.0. The van der Waals surface area contributed by atoms with E-state index in [0.717, 1.165) is 0 Å². The van der Waals surface area contributed by atoms with Crippen molar-refractivity contribution >= 4 is 35.2 Å². The lowest BCUT2D eigenvalue weighted by molar-refractivity contribution is -0.150. The summed E-state index contributed by atoms with van der Waals surface area (Å²) >= 11 is 0. The first-order valence-corrected chi connectivity index (χ1v) is 12.5. The molecule has 0 saturated carbocycles. The van der Waals surface area contributed by atoms with Crippen LogP contribution < -0.4 is 5.32 Å². The van der Waals surface area contributed by atoms with Gasteiger partial charge in [0.05, 0.1) is 5.70 Å². The van der Waals surface area contributed by atoms with Crippen LogP contribution in [0, 0.1) is 11.8 Å². The quantitative estimate of drug-likeness (QED) is 0.465. The summed E-state index contributed by atoms with van der Waals surface area (Å²) in [6, 6.07) is 15.5. The molecule has 0 unspecified atom stereocenters. The van der Waals surface area contributed by atoms with E-state index >= 15 is 0 Å². The van der Waals surface area contributed by atoms with Crippen LogP contribution in [0.15, 0.2) is 66.9 Å². The Morgan fingerprint density at radius 1 is 0.921 bits per heavy atom. The fraction of sp³-hybridized carbons (Fsp3) is 0.345. The molecule has 2 N–H and O–H groups in total. The van der Waals surface area contributed by atoms with Crippen molar-refractivity contribution in [1.29, 1.82) is 0 Å². The average Bonchev–Trinajstić information content (AvgIpc) is 2.89. The highest BCUT2D eigenvalue weighted by Crippen LogP contribution is 2.30. The van der Waals surface area contributed by atoms with Crippen molar-refractivity contribution < 1.29 is 29.1 Å². The molecule has 0 aromatic heterocycles. The zero-order valence-corrected chi connectivity index (χ0v) is 22.0. The molecule has 3 rings (SSSR count). The molecule has 2 aromatic rings. The summed E-state index contributed by atoms with van der Waals surface area (Å²) in [5, 5.41) is 11.8. The van der Waals surface area contributed by atoms with Gasteiger partial charge in [-0.25, -0.2) is 4.79 Å². The van der Waals surface area contributed by atoms with Gasteiger partial charge in [0, 0.05) is 18.5 Å². The second-order valence-corrected chi connectivity index (χ2v) is 9.87. The van der Waals surface area contributed by atoms with Gasteiger partial charge in [0.2, 0.25) is 11.8 Å². The molecule has 1 heterocycles. The van der Waals surface area contributed by atoms with E-state index in [1.165, 1.54) is 9.80 Å². The molecule has 1 aliphatic heterocycles. The van der Waals surface area contributed by atoms with Crippen LogP contribution in [-0.4, -0.2) is 63.0 Å². The van der Waals surface area contributed by atoms with Crippen LogP contribution in [0.2, 0.25) is 0 Å². The third kappa shape index (κ3) is 6.53. The summed E-state index contributed by atoms with van der Waals surface area (Å²) in [6.45, 7) is 6.71. The summed E-state index contributed by atoms with van der Waals surface area (Å²) in [5.74, 6) is -4.76. The van der Waals surface area contributed by atoms with Gasteiger partial charge in [-0.1, -0.05) is 88.4 Å². The molecule has 2 aromatic carbocycles. The summed E-state index contributed by atoms with van der Waals surface area (Å²) in [5.41, 5.74) is 1.66. The number of hydrogen-bond donors (Lipinski definition) is 2. The van der Waals surface area contributed by atoms with Gasteiger partial charge in [0.1, 0.15) is 18.6 Å². The molecular weight excluding hydrogens is 486 g/mol. The number of amides is 3. The smallest absolute Gasteiger partial charge is 0.374 e. The van der Waals surface area contributed by atoms with Crippen molar-refractivity contribution in [2.24, 2.45) is 11.8 Å². The van der Waals surface area contributed by atoms with E-state index in [1.807, 2.05) is 19.9 Å². The second-order valence-electron chi connectivity index (χ2n) is 9.87. The number of nitrogens with zero attached hydrogens (tertiary/aromatic N) is 2. The highest BCUT2D eigenvalue weighted by Gasteiger charge is 2.41. The Bertz CT molecular complexity index is 1220. The average molecular weight is 520 g/mol. The van der Waals surface area contributed by atoms with Crippen molar-refractivity contribution in [3.8, 4) is 0 Å². The Kier molecular flexibility index (Phi) is 9.17. The molecule has 0 spiro atoms. The Balaban J connectivity index is 1.96. The first-order valence-electron chi connectivity index (χ1n) is 12.5. The summed E-state index contributed by atoms with van der Waals surface area (Å²) in [6.07, 6.45) is 1.58. The number of carboxylic acids is 1. The van der Waals surface area contributed by atoms with Gasteiger partial charge in [-0.2, -0.15) is 0 Å². The maximum atomic E-state index is 13.8. The third-order valence-electron chi connectivity index (χ3n) is 6.27. The second kappa shape index (κ2) is 12.3. The third-order valence-corrected chi connectivity index (χ3v) is 6.27. The Morgan fingerprint density at radius 2 is 1.50 bits per heavy atom. The molecule has 2 atom stereocenters. The number of hydrogen-bond acceptors (Lipinski definition) is 5. The number of rotatable bonds is 10. The van der Waals surface area contributed by atoms with Crippen molar-refractivity contribution in [3.05, 3.63) is 78.0 Å².